The Balaban J connectivity index is 1.93. The lowest BCUT2D eigenvalue weighted by molar-refractivity contribution is 0.00906. The average Bonchev–Trinajstić information content (AvgIpc) is 2.27. The van der Waals surface area contributed by atoms with E-state index in [1.165, 1.54) is 45.6 Å². The molecule has 2 aliphatic heterocycles. The van der Waals surface area contributed by atoms with Crippen LogP contribution in [-0.4, -0.2) is 59.6 Å². The summed E-state index contributed by atoms with van der Waals surface area (Å²) in [7, 11) is 0. The van der Waals surface area contributed by atoms with Gasteiger partial charge in [-0.05, 0) is 54.0 Å². The predicted octanol–water partition coefficient (Wildman–Crippen LogP) is 1.93. The number of nitrogens with zero attached hydrogens (tertiary/aromatic N) is 2. The van der Waals surface area contributed by atoms with E-state index in [9.17, 15) is 0 Å². The Bertz CT molecular complexity index is 272. The lowest BCUT2D eigenvalue weighted by Crippen LogP contribution is -2.64. The molecule has 2 heterocycles. The van der Waals surface area contributed by atoms with Gasteiger partial charge in [0.15, 0.2) is 0 Å². The van der Waals surface area contributed by atoms with E-state index in [-0.39, 0.29) is 5.54 Å². The van der Waals surface area contributed by atoms with Crippen LogP contribution in [0, 0.1) is 0 Å². The van der Waals surface area contributed by atoms with Crippen LogP contribution in [0.25, 0.3) is 0 Å². The van der Waals surface area contributed by atoms with Gasteiger partial charge in [0.25, 0.3) is 0 Å². The summed E-state index contributed by atoms with van der Waals surface area (Å²) in [6, 6.07) is 0.716. The van der Waals surface area contributed by atoms with Crippen molar-refractivity contribution in [2.24, 2.45) is 0 Å². The van der Waals surface area contributed by atoms with E-state index >= 15 is 0 Å². The van der Waals surface area contributed by atoms with Gasteiger partial charge in [0.05, 0.1) is 0 Å². The molecule has 0 radical (unpaired) electrons. The van der Waals surface area contributed by atoms with Gasteiger partial charge in [0, 0.05) is 43.3 Å². The van der Waals surface area contributed by atoms with Crippen LogP contribution in [0.15, 0.2) is 0 Å². The summed E-state index contributed by atoms with van der Waals surface area (Å²) in [5.74, 6) is 0. The minimum atomic E-state index is 0.280. The Morgan fingerprint density at radius 1 is 1.06 bits per heavy atom. The number of nitrogens with one attached hydrogen (secondary N) is 1. The zero-order chi connectivity index (χ0) is 13.4. The van der Waals surface area contributed by atoms with Gasteiger partial charge in [-0.1, -0.05) is 0 Å². The fourth-order valence-corrected chi connectivity index (χ4v) is 3.53. The summed E-state index contributed by atoms with van der Waals surface area (Å²) in [4.78, 5) is 5.33. The third kappa shape index (κ3) is 3.06. The van der Waals surface area contributed by atoms with Gasteiger partial charge >= 0.3 is 0 Å². The van der Waals surface area contributed by atoms with E-state index in [4.69, 9.17) is 0 Å². The highest BCUT2D eigenvalue weighted by Gasteiger charge is 2.38. The second-order valence-corrected chi connectivity index (χ2v) is 7.50. The first kappa shape index (κ1) is 14.3. The summed E-state index contributed by atoms with van der Waals surface area (Å²) in [5, 5.41) is 3.69. The monoisotopic (exact) mass is 253 g/mol. The Morgan fingerprint density at radius 2 is 1.67 bits per heavy atom. The molecule has 2 saturated heterocycles. The van der Waals surface area contributed by atoms with Crippen LogP contribution in [0.3, 0.4) is 0 Å². The SMILES string of the molecule is CC1(C)NCCCC1N1CCN(C(C)(C)C)CC1. The minimum absolute atomic E-state index is 0.280. The summed E-state index contributed by atoms with van der Waals surface area (Å²) >= 11 is 0. The molecule has 0 amide bonds. The second-order valence-electron chi connectivity index (χ2n) is 7.50. The van der Waals surface area contributed by atoms with Crippen molar-refractivity contribution in [2.75, 3.05) is 32.7 Å². The summed E-state index contributed by atoms with van der Waals surface area (Å²) in [5.41, 5.74) is 0.606. The van der Waals surface area contributed by atoms with Gasteiger partial charge in [-0.25, -0.2) is 0 Å². The summed E-state index contributed by atoms with van der Waals surface area (Å²) in [6.07, 6.45) is 2.68. The molecule has 1 atom stereocenters. The van der Waals surface area contributed by atoms with Gasteiger partial charge in [-0.15, -0.1) is 0 Å². The van der Waals surface area contributed by atoms with Crippen molar-refractivity contribution in [3.05, 3.63) is 0 Å². The molecule has 3 heteroatoms. The van der Waals surface area contributed by atoms with Crippen molar-refractivity contribution in [1.29, 1.82) is 0 Å². The standard InChI is InChI=1S/C15H31N3/c1-14(2,3)18-11-9-17(10-12-18)13-7-6-8-16-15(13,4)5/h13,16H,6-12H2,1-5H3. The van der Waals surface area contributed by atoms with Crippen molar-refractivity contribution in [3.63, 3.8) is 0 Å². The molecular formula is C15H31N3. The zero-order valence-electron chi connectivity index (χ0n) is 12.9. The van der Waals surface area contributed by atoms with E-state index < -0.39 is 0 Å². The maximum Gasteiger partial charge on any atom is 0.0280 e. The Labute approximate surface area is 113 Å². The number of hydrogen-bond donors (Lipinski definition) is 1. The van der Waals surface area contributed by atoms with Crippen LogP contribution in [-0.2, 0) is 0 Å². The maximum absolute atomic E-state index is 3.69. The third-order valence-corrected chi connectivity index (χ3v) is 4.77. The quantitative estimate of drug-likeness (QED) is 0.770. The largest absolute Gasteiger partial charge is 0.310 e. The van der Waals surface area contributed by atoms with Crippen LogP contribution in [0.1, 0.15) is 47.5 Å². The molecule has 2 fully saturated rings. The Kier molecular flexibility index (Phi) is 4.05. The molecule has 2 rings (SSSR count). The fraction of sp³-hybridized carbons (Fsp3) is 1.00. The summed E-state index contributed by atoms with van der Waals surface area (Å²) < 4.78 is 0. The van der Waals surface area contributed by atoms with Crippen molar-refractivity contribution in [3.8, 4) is 0 Å². The van der Waals surface area contributed by atoms with E-state index in [2.05, 4.69) is 49.7 Å². The molecule has 1 N–H and O–H groups in total. The van der Waals surface area contributed by atoms with Crippen LogP contribution in [0.5, 0.6) is 0 Å². The molecule has 0 aromatic rings. The molecule has 0 aromatic carbocycles. The summed E-state index contributed by atoms with van der Waals surface area (Å²) in [6.45, 7) is 17.8. The first-order valence-corrected chi connectivity index (χ1v) is 7.55. The van der Waals surface area contributed by atoms with Crippen molar-refractivity contribution in [1.82, 2.24) is 15.1 Å². The van der Waals surface area contributed by atoms with E-state index in [1.807, 2.05) is 0 Å². The maximum atomic E-state index is 3.69. The molecular weight excluding hydrogens is 222 g/mol. The van der Waals surface area contributed by atoms with Crippen molar-refractivity contribution in [2.45, 2.75) is 64.6 Å². The molecule has 1 unspecified atom stereocenters. The number of piperidine rings is 1. The molecule has 18 heavy (non-hydrogen) atoms. The van der Waals surface area contributed by atoms with Gasteiger partial charge in [-0.2, -0.15) is 0 Å². The highest BCUT2D eigenvalue weighted by molar-refractivity contribution is 4.98. The topological polar surface area (TPSA) is 18.5 Å². The smallest absolute Gasteiger partial charge is 0.0280 e. The van der Waals surface area contributed by atoms with Crippen molar-refractivity contribution >= 4 is 0 Å². The van der Waals surface area contributed by atoms with Crippen LogP contribution < -0.4 is 5.32 Å². The van der Waals surface area contributed by atoms with Gasteiger partial charge in [0.2, 0.25) is 0 Å². The molecule has 0 saturated carbocycles. The molecule has 0 aliphatic carbocycles. The molecule has 106 valence electrons. The molecule has 3 nitrogen and oxygen atoms in total. The molecule has 0 aromatic heterocycles. The highest BCUT2D eigenvalue weighted by atomic mass is 15.3. The highest BCUT2D eigenvalue weighted by Crippen LogP contribution is 2.26. The first-order valence-electron chi connectivity index (χ1n) is 7.55. The molecule has 0 spiro atoms. The average molecular weight is 253 g/mol. The van der Waals surface area contributed by atoms with Gasteiger partial charge in [0.1, 0.15) is 0 Å². The van der Waals surface area contributed by atoms with Crippen LogP contribution in [0.2, 0.25) is 0 Å². The Hall–Kier alpha value is -0.120. The number of piperazine rings is 1. The molecule has 0 bridgehead atoms. The lowest BCUT2D eigenvalue weighted by Gasteiger charge is -2.50. The molecule has 2 aliphatic rings. The van der Waals surface area contributed by atoms with Crippen molar-refractivity contribution < 1.29 is 0 Å². The third-order valence-electron chi connectivity index (χ3n) is 4.77. The van der Waals surface area contributed by atoms with Crippen LogP contribution in [0.4, 0.5) is 0 Å². The van der Waals surface area contributed by atoms with Gasteiger partial charge < -0.3 is 5.32 Å². The van der Waals surface area contributed by atoms with E-state index in [0.717, 1.165) is 0 Å². The van der Waals surface area contributed by atoms with Gasteiger partial charge in [-0.3, -0.25) is 9.80 Å². The first-order chi connectivity index (χ1) is 8.31. The van der Waals surface area contributed by atoms with Crippen LogP contribution >= 0.6 is 0 Å². The minimum Gasteiger partial charge on any atom is -0.310 e. The normalized spacial score (nSPS) is 31.5. The number of hydrogen-bond acceptors (Lipinski definition) is 3. The zero-order valence-corrected chi connectivity index (χ0v) is 12.9. The fourth-order valence-electron chi connectivity index (χ4n) is 3.53. The Morgan fingerprint density at radius 3 is 2.17 bits per heavy atom. The second kappa shape index (κ2) is 5.10. The number of rotatable bonds is 1. The van der Waals surface area contributed by atoms with E-state index in [1.54, 1.807) is 0 Å². The predicted molar refractivity (Wildman–Crippen MR) is 78.0 cm³/mol. The van der Waals surface area contributed by atoms with E-state index in [0.29, 0.717) is 11.6 Å². The lowest BCUT2D eigenvalue weighted by atomic mass is 9.85.